The molecule has 2 nitrogen and oxygen atoms in total. The summed E-state index contributed by atoms with van der Waals surface area (Å²) in [6, 6.07) is 14.1. The molecule has 0 bridgehead atoms. The molecular weight excluding hydrogens is 260 g/mol. The molecule has 0 radical (unpaired) electrons. The van der Waals surface area contributed by atoms with E-state index in [4.69, 9.17) is 16.3 Å². The van der Waals surface area contributed by atoms with Gasteiger partial charge < -0.3 is 4.74 Å². The fourth-order valence-corrected chi connectivity index (χ4v) is 1.79. The number of ketones is 1. The minimum atomic E-state index is -0.280. The van der Waals surface area contributed by atoms with Crippen LogP contribution in [0.3, 0.4) is 0 Å². The molecule has 94 valence electrons. The Labute approximate surface area is 117 Å². The fraction of sp³-hybridized carbons (Fsp3) is 0.0625. The highest BCUT2D eigenvalue weighted by Gasteiger charge is 2.08. The summed E-state index contributed by atoms with van der Waals surface area (Å²) in [6.45, 7) is 0. The lowest BCUT2D eigenvalue weighted by atomic mass is 10.1. The molecule has 0 aliphatic carbocycles. The number of benzene rings is 2. The molecule has 0 unspecified atom stereocenters. The van der Waals surface area contributed by atoms with Crippen LogP contribution in [0.4, 0.5) is 0 Å². The van der Waals surface area contributed by atoms with Gasteiger partial charge in [0.15, 0.2) is 0 Å². The Morgan fingerprint density at radius 3 is 2.68 bits per heavy atom. The third-order valence-electron chi connectivity index (χ3n) is 2.50. The zero-order valence-corrected chi connectivity index (χ0v) is 11.1. The summed E-state index contributed by atoms with van der Waals surface area (Å²) in [5.41, 5.74) is 1.16. The number of halogens is 1. The van der Waals surface area contributed by atoms with Crippen molar-refractivity contribution >= 4 is 17.4 Å². The molecule has 2 aromatic rings. The molecule has 0 N–H and O–H groups in total. The van der Waals surface area contributed by atoms with Gasteiger partial charge in [-0.1, -0.05) is 35.7 Å². The maximum absolute atomic E-state index is 12.0. The molecule has 0 atom stereocenters. The lowest BCUT2D eigenvalue weighted by Crippen LogP contribution is -1.98. The quantitative estimate of drug-likeness (QED) is 0.616. The molecule has 0 amide bonds. The van der Waals surface area contributed by atoms with Gasteiger partial charge in [0.2, 0.25) is 5.78 Å². The summed E-state index contributed by atoms with van der Waals surface area (Å²) < 4.78 is 5.13. The molecule has 0 aliphatic rings. The van der Waals surface area contributed by atoms with Crippen LogP contribution in [0.2, 0.25) is 5.02 Å². The van der Waals surface area contributed by atoms with Crippen LogP contribution < -0.4 is 4.74 Å². The second kappa shape index (κ2) is 6.08. The normalized spacial score (nSPS) is 9.37. The number of ether oxygens (including phenoxy) is 1. The van der Waals surface area contributed by atoms with Crippen molar-refractivity contribution in [3.05, 3.63) is 64.7 Å². The van der Waals surface area contributed by atoms with Crippen LogP contribution in [-0.2, 0) is 0 Å². The van der Waals surface area contributed by atoms with E-state index in [1.807, 2.05) is 0 Å². The van der Waals surface area contributed by atoms with Gasteiger partial charge >= 0.3 is 0 Å². The predicted octanol–water partition coefficient (Wildman–Crippen LogP) is 3.58. The third-order valence-corrected chi connectivity index (χ3v) is 2.73. The van der Waals surface area contributed by atoms with Crippen LogP contribution in [-0.4, -0.2) is 12.9 Å². The van der Waals surface area contributed by atoms with Gasteiger partial charge in [-0.2, -0.15) is 0 Å². The van der Waals surface area contributed by atoms with Crippen LogP contribution in [0, 0.1) is 11.8 Å². The highest BCUT2D eigenvalue weighted by atomic mass is 35.5. The molecule has 2 aromatic carbocycles. The van der Waals surface area contributed by atoms with E-state index in [0.29, 0.717) is 21.9 Å². The Morgan fingerprint density at radius 2 is 1.95 bits per heavy atom. The Bertz CT molecular complexity index is 666. The van der Waals surface area contributed by atoms with Gasteiger partial charge in [0.05, 0.1) is 12.7 Å². The number of Topliss-reactive ketones (excluding diaryl/α,β-unsaturated/α-hetero) is 1. The number of para-hydroxylation sites is 1. The van der Waals surface area contributed by atoms with E-state index in [9.17, 15) is 4.79 Å². The Hall–Kier alpha value is -2.24. The van der Waals surface area contributed by atoms with Gasteiger partial charge in [0.25, 0.3) is 0 Å². The van der Waals surface area contributed by atoms with Gasteiger partial charge in [-0.25, -0.2) is 0 Å². The summed E-state index contributed by atoms with van der Waals surface area (Å²) in [6.07, 6.45) is 0. The van der Waals surface area contributed by atoms with Crippen molar-refractivity contribution in [2.45, 2.75) is 0 Å². The Morgan fingerprint density at radius 1 is 1.16 bits per heavy atom. The molecule has 0 saturated heterocycles. The maximum Gasteiger partial charge on any atom is 0.239 e. The zero-order chi connectivity index (χ0) is 13.7. The second-order valence-corrected chi connectivity index (χ2v) is 4.23. The SMILES string of the molecule is COc1ccccc1C(=O)C#Cc1cccc(Cl)c1. The molecular formula is C16H11ClO2. The van der Waals surface area contributed by atoms with E-state index in [1.54, 1.807) is 48.5 Å². The Balaban J connectivity index is 2.27. The van der Waals surface area contributed by atoms with Crippen molar-refractivity contribution in [3.8, 4) is 17.6 Å². The van der Waals surface area contributed by atoms with E-state index < -0.39 is 0 Å². The van der Waals surface area contributed by atoms with Crippen LogP contribution >= 0.6 is 11.6 Å². The fourth-order valence-electron chi connectivity index (χ4n) is 1.59. The largest absolute Gasteiger partial charge is 0.496 e. The number of methoxy groups -OCH3 is 1. The number of hydrogen-bond acceptors (Lipinski definition) is 2. The topological polar surface area (TPSA) is 26.3 Å². The lowest BCUT2D eigenvalue weighted by Gasteiger charge is -2.02. The van der Waals surface area contributed by atoms with Crippen molar-refractivity contribution in [3.63, 3.8) is 0 Å². The highest BCUT2D eigenvalue weighted by Crippen LogP contribution is 2.17. The van der Waals surface area contributed by atoms with E-state index in [-0.39, 0.29) is 5.78 Å². The highest BCUT2D eigenvalue weighted by molar-refractivity contribution is 6.30. The lowest BCUT2D eigenvalue weighted by molar-refractivity contribution is 0.105. The predicted molar refractivity (Wildman–Crippen MR) is 75.7 cm³/mol. The molecule has 3 heteroatoms. The van der Waals surface area contributed by atoms with Crippen LogP contribution in [0.15, 0.2) is 48.5 Å². The number of carbonyl (C=O) groups excluding carboxylic acids is 1. The summed E-state index contributed by atoms with van der Waals surface area (Å²) in [5.74, 6) is 5.63. The van der Waals surface area contributed by atoms with Gasteiger partial charge in [-0.15, -0.1) is 0 Å². The summed E-state index contributed by atoms with van der Waals surface area (Å²) in [7, 11) is 1.52. The van der Waals surface area contributed by atoms with Gasteiger partial charge in [-0.3, -0.25) is 4.79 Å². The van der Waals surface area contributed by atoms with E-state index in [1.165, 1.54) is 7.11 Å². The Kier molecular flexibility index (Phi) is 4.22. The monoisotopic (exact) mass is 270 g/mol. The average molecular weight is 271 g/mol. The van der Waals surface area contributed by atoms with Crippen LogP contribution in [0.25, 0.3) is 0 Å². The van der Waals surface area contributed by atoms with Crippen molar-refractivity contribution in [1.82, 2.24) is 0 Å². The molecule has 0 spiro atoms. The first-order chi connectivity index (χ1) is 9.20. The van der Waals surface area contributed by atoms with Crippen molar-refractivity contribution in [2.24, 2.45) is 0 Å². The maximum atomic E-state index is 12.0. The van der Waals surface area contributed by atoms with Gasteiger partial charge in [0, 0.05) is 10.6 Å². The van der Waals surface area contributed by atoms with Gasteiger partial charge in [-0.05, 0) is 36.3 Å². The zero-order valence-electron chi connectivity index (χ0n) is 10.3. The van der Waals surface area contributed by atoms with E-state index >= 15 is 0 Å². The molecule has 0 saturated carbocycles. The third kappa shape index (κ3) is 3.37. The summed E-state index contributed by atoms with van der Waals surface area (Å²) >= 11 is 5.85. The first-order valence-corrected chi connectivity index (χ1v) is 6.03. The molecule has 0 aromatic heterocycles. The smallest absolute Gasteiger partial charge is 0.239 e. The van der Waals surface area contributed by atoms with E-state index in [0.717, 1.165) is 0 Å². The van der Waals surface area contributed by atoms with Gasteiger partial charge in [0.1, 0.15) is 5.75 Å². The van der Waals surface area contributed by atoms with Crippen LogP contribution in [0.5, 0.6) is 5.75 Å². The molecule has 2 rings (SSSR count). The molecule has 19 heavy (non-hydrogen) atoms. The molecule has 0 heterocycles. The van der Waals surface area contributed by atoms with Crippen molar-refractivity contribution in [1.29, 1.82) is 0 Å². The number of hydrogen-bond donors (Lipinski definition) is 0. The average Bonchev–Trinajstić information content (AvgIpc) is 2.45. The van der Waals surface area contributed by atoms with E-state index in [2.05, 4.69) is 11.8 Å². The summed E-state index contributed by atoms with van der Waals surface area (Å²) in [5, 5.41) is 0.594. The summed E-state index contributed by atoms with van der Waals surface area (Å²) in [4.78, 5) is 12.0. The van der Waals surface area contributed by atoms with Crippen LogP contribution in [0.1, 0.15) is 15.9 Å². The van der Waals surface area contributed by atoms with Crippen molar-refractivity contribution in [2.75, 3.05) is 7.11 Å². The number of rotatable bonds is 2. The van der Waals surface area contributed by atoms with Crippen molar-refractivity contribution < 1.29 is 9.53 Å². The number of carbonyl (C=O) groups is 1. The minimum absolute atomic E-state index is 0.280. The molecule has 0 fully saturated rings. The standard InChI is InChI=1S/C16H11ClO2/c1-19-16-8-3-2-7-14(16)15(18)10-9-12-5-4-6-13(17)11-12/h2-8,11H,1H3. The minimum Gasteiger partial charge on any atom is -0.496 e. The first kappa shape index (κ1) is 13.2. The second-order valence-electron chi connectivity index (χ2n) is 3.79. The first-order valence-electron chi connectivity index (χ1n) is 5.65. The molecule has 0 aliphatic heterocycles.